The maximum absolute atomic E-state index is 13.2. The SMILES string of the molecule is CCCOC(=O)c1ccc(Cl)c(-n2nc(CC)c3c2CC2(CCOCC2)CNC3=O)c1OC. The smallest absolute Gasteiger partial charge is 0.342 e. The quantitative estimate of drug-likeness (QED) is 0.640. The predicted molar refractivity (Wildman–Crippen MR) is 124 cm³/mol. The van der Waals surface area contributed by atoms with E-state index in [2.05, 4.69) is 5.32 Å². The minimum Gasteiger partial charge on any atom is -0.494 e. The third-order valence-electron chi connectivity index (χ3n) is 6.49. The molecule has 2 aromatic rings. The van der Waals surface area contributed by atoms with Crippen molar-refractivity contribution >= 4 is 23.5 Å². The Kier molecular flexibility index (Phi) is 6.95. The molecule has 0 unspecified atom stereocenters. The van der Waals surface area contributed by atoms with Crippen LogP contribution < -0.4 is 10.1 Å². The van der Waals surface area contributed by atoms with Gasteiger partial charge < -0.3 is 19.5 Å². The highest BCUT2D eigenvalue weighted by Gasteiger charge is 2.40. The molecule has 178 valence electrons. The number of aryl methyl sites for hydroxylation is 1. The minimum absolute atomic E-state index is 0.126. The molecule has 8 nitrogen and oxygen atoms in total. The highest BCUT2D eigenvalue weighted by Crippen LogP contribution is 2.41. The monoisotopic (exact) mass is 475 g/mol. The van der Waals surface area contributed by atoms with Gasteiger partial charge in [0.25, 0.3) is 5.91 Å². The molecule has 1 aromatic heterocycles. The average molecular weight is 476 g/mol. The van der Waals surface area contributed by atoms with E-state index in [9.17, 15) is 9.59 Å². The first-order valence-electron chi connectivity index (χ1n) is 11.5. The molecule has 1 aromatic carbocycles. The molecule has 1 spiro atoms. The van der Waals surface area contributed by atoms with Crippen LogP contribution in [0, 0.1) is 5.41 Å². The summed E-state index contributed by atoms with van der Waals surface area (Å²) in [6.45, 7) is 6.10. The number of carbonyl (C=O) groups is 2. The molecular formula is C24H30ClN3O5. The molecule has 0 aliphatic carbocycles. The van der Waals surface area contributed by atoms with Crippen LogP contribution in [0.1, 0.15) is 65.2 Å². The van der Waals surface area contributed by atoms with Crippen molar-refractivity contribution < 1.29 is 23.8 Å². The Morgan fingerprint density at radius 2 is 2.06 bits per heavy atom. The lowest BCUT2D eigenvalue weighted by Gasteiger charge is -2.36. The number of rotatable bonds is 6. The van der Waals surface area contributed by atoms with Gasteiger partial charge in [-0.05, 0) is 49.7 Å². The lowest BCUT2D eigenvalue weighted by Crippen LogP contribution is -2.40. The number of aromatic nitrogens is 2. The van der Waals surface area contributed by atoms with Crippen molar-refractivity contribution in [2.75, 3.05) is 33.5 Å². The van der Waals surface area contributed by atoms with E-state index in [0.29, 0.717) is 67.6 Å². The van der Waals surface area contributed by atoms with Crippen LogP contribution in [0.3, 0.4) is 0 Å². The van der Waals surface area contributed by atoms with Gasteiger partial charge >= 0.3 is 5.97 Å². The molecule has 9 heteroatoms. The van der Waals surface area contributed by atoms with Gasteiger partial charge in [0.2, 0.25) is 0 Å². The number of amides is 1. The van der Waals surface area contributed by atoms with Crippen LogP contribution in [0.15, 0.2) is 12.1 Å². The third kappa shape index (κ3) is 4.34. The van der Waals surface area contributed by atoms with Crippen LogP contribution in [0.5, 0.6) is 5.75 Å². The van der Waals surface area contributed by atoms with E-state index >= 15 is 0 Å². The van der Waals surface area contributed by atoms with Crippen molar-refractivity contribution in [3.05, 3.63) is 39.7 Å². The molecule has 2 aliphatic rings. The average Bonchev–Trinajstić information content (AvgIpc) is 3.12. The van der Waals surface area contributed by atoms with Crippen LogP contribution in [0.25, 0.3) is 5.69 Å². The van der Waals surface area contributed by atoms with Gasteiger partial charge in [-0.3, -0.25) is 4.79 Å². The molecule has 0 saturated carbocycles. The van der Waals surface area contributed by atoms with E-state index in [0.717, 1.165) is 18.5 Å². The fraction of sp³-hybridized carbons (Fsp3) is 0.542. The van der Waals surface area contributed by atoms with E-state index in [1.807, 2.05) is 13.8 Å². The highest BCUT2D eigenvalue weighted by molar-refractivity contribution is 6.33. The largest absolute Gasteiger partial charge is 0.494 e. The minimum atomic E-state index is -0.487. The molecular weight excluding hydrogens is 446 g/mol. The fourth-order valence-corrected chi connectivity index (χ4v) is 4.91. The fourth-order valence-electron chi connectivity index (χ4n) is 4.68. The van der Waals surface area contributed by atoms with E-state index in [1.54, 1.807) is 16.8 Å². The van der Waals surface area contributed by atoms with Crippen molar-refractivity contribution in [3.8, 4) is 11.4 Å². The number of halogens is 1. The standard InChI is InChI=1S/C24H30ClN3O5/c1-4-10-33-23(30)15-6-7-16(25)20(21(15)31-3)28-18-13-24(8-11-32-12-9-24)14-26-22(29)19(18)17(5-2)27-28/h6-7H,4-5,8-14H2,1-3H3,(H,26,29). The second-order valence-corrected chi connectivity index (χ2v) is 9.03. The van der Waals surface area contributed by atoms with E-state index in [-0.39, 0.29) is 22.6 Å². The van der Waals surface area contributed by atoms with Crippen LogP contribution in [-0.2, 0) is 22.3 Å². The maximum Gasteiger partial charge on any atom is 0.342 e. The molecule has 33 heavy (non-hydrogen) atoms. The van der Waals surface area contributed by atoms with Gasteiger partial charge in [-0.2, -0.15) is 5.10 Å². The number of esters is 1. The molecule has 1 amide bonds. The summed E-state index contributed by atoms with van der Waals surface area (Å²) in [6, 6.07) is 3.24. The van der Waals surface area contributed by atoms with Gasteiger partial charge in [0, 0.05) is 19.8 Å². The molecule has 0 radical (unpaired) electrons. The predicted octanol–water partition coefficient (Wildman–Crippen LogP) is 3.75. The number of carbonyl (C=O) groups excluding carboxylic acids is 2. The number of nitrogens with zero attached hydrogens (tertiary/aromatic N) is 2. The number of ether oxygens (including phenoxy) is 3. The zero-order chi connectivity index (χ0) is 23.6. The van der Waals surface area contributed by atoms with Crippen molar-refractivity contribution in [1.82, 2.24) is 15.1 Å². The number of hydrogen-bond acceptors (Lipinski definition) is 6. The summed E-state index contributed by atoms with van der Waals surface area (Å²) in [5, 5.41) is 8.27. The third-order valence-corrected chi connectivity index (χ3v) is 6.80. The van der Waals surface area contributed by atoms with Crippen LogP contribution in [-0.4, -0.2) is 55.1 Å². The van der Waals surface area contributed by atoms with Crippen molar-refractivity contribution in [1.29, 1.82) is 0 Å². The number of benzene rings is 1. The summed E-state index contributed by atoms with van der Waals surface area (Å²) < 4.78 is 18.3. The highest BCUT2D eigenvalue weighted by atomic mass is 35.5. The molecule has 1 fully saturated rings. The number of nitrogens with one attached hydrogen (secondary N) is 1. The summed E-state index contributed by atoms with van der Waals surface area (Å²) in [5.41, 5.74) is 2.63. The zero-order valence-corrected chi connectivity index (χ0v) is 20.1. The van der Waals surface area contributed by atoms with Crippen LogP contribution in [0.4, 0.5) is 0 Å². The normalized spacial score (nSPS) is 17.3. The van der Waals surface area contributed by atoms with Crippen LogP contribution >= 0.6 is 11.6 Å². The van der Waals surface area contributed by atoms with Crippen molar-refractivity contribution in [2.45, 2.75) is 46.0 Å². The van der Waals surface area contributed by atoms with Gasteiger partial charge in [-0.15, -0.1) is 0 Å². The van der Waals surface area contributed by atoms with E-state index in [4.69, 9.17) is 30.9 Å². The molecule has 0 atom stereocenters. The van der Waals surface area contributed by atoms with Gasteiger partial charge in [-0.1, -0.05) is 25.4 Å². The Hall–Kier alpha value is -2.58. The second kappa shape index (κ2) is 9.73. The number of methoxy groups -OCH3 is 1. The summed E-state index contributed by atoms with van der Waals surface area (Å²) in [6.07, 6.45) is 3.61. The summed E-state index contributed by atoms with van der Waals surface area (Å²) in [7, 11) is 1.49. The molecule has 0 bridgehead atoms. The molecule has 1 N–H and O–H groups in total. The second-order valence-electron chi connectivity index (χ2n) is 8.62. The van der Waals surface area contributed by atoms with Crippen molar-refractivity contribution in [3.63, 3.8) is 0 Å². The summed E-state index contributed by atoms with van der Waals surface area (Å²) in [4.78, 5) is 25.9. The van der Waals surface area contributed by atoms with E-state index < -0.39 is 5.97 Å². The zero-order valence-electron chi connectivity index (χ0n) is 19.3. The first kappa shape index (κ1) is 23.6. The van der Waals surface area contributed by atoms with Crippen molar-refractivity contribution in [2.24, 2.45) is 5.41 Å². The van der Waals surface area contributed by atoms with Gasteiger partial charge in [0.15, 0.2) is 5.75 Å². The molecule has 1 saturated heterocycles. The Bertz CT molecular complexity index is 1060. The Labute approximate surface area is 198 Å². The van der Waals surface area contributed by atoms with Gasteiger partial charge in [0.1, 0.15) is 11.3 Å². The Morgan fingerprint density at radius 1 is 1.30 bits per heavy atom. The van der Waals surface area contributed by atoms with E-state index in [1.165, 1.54) is 7.11 Å². The first-order valence-corrected chi connectivity index (χ1v) is 11.8. The summed E-state index contributed by atoms with van der Waals surface area (Å²) in [5.74, 6) is -0.341. The summed E-state index contributed by atoms with van der Waals surface area (Å²) >= 11 is 6.66. The Balaban J connectivity index is 1.90. The number of fused-ring (bicyclic) bond motifs is 1. The van der Waals surface area contributed by atoms with Gasteiger partial charge in [-0.25, -0.2) is 9.48 Å². The van der Waals surface area contributed by atoms with Crippen LogP contribution in [0.2, 0.25) is 5.02 Å². The molecule has 2 aliphatic heterocycles. The lowest BCUT2D eigenvalue weighted by molar-refractivity contribution is 0.0154. The lowest BCUT2D eigenvalue weighted by atomic mass is 9.76. The first-order chi connectivity index (χ1) is 15.9. The molecule has 4 rings (SSSR count). The molecule has 3 heterocycles. The number of hydrogen-bond donors (Lipinski definition) is 1. The Morgan fingerprint density at radius 3 is 2.73 bits per heavy atom. The topological polar surface area (TPSA) is 91.7 Å². The van der Waals surface area contributed by atoms with Gasteiger partial charge in [0.05, 0.1) is 35.7 Å². The maximum atomic E-state index is 13.2.